The maximum Gasteiger partial charge on any atom is 0.151 e. The topological polar surface area (TPSA) is 53.6 Å². The predicted octanol–water partition coefficient (Wildman–Crippen LogP) is 3.42. The molecule has 3 rings (SSSR count). The molecule has 0 aliphatic carbocycles. The molecule has 2 aromatic heterocycles. The molecular formula is C14H15BrN4S. The second-order valence-corrected chi connectivity index (χ2v) is 6.74. The van der Waals surface area contributed by atoms with E-state index in [4.69, 9.17) is 0 Å². The number of aromatic nitrogens is 3. The highest BCUT2D eigenvalue weighted by molar-refractivity contribution is 9.10. The second-order valence-electron chi connectivity index (χ2n) is 4.66. The number of aromatic amines is 1. The van der Waals surface area contributed by atoms with E-state index in [9.17, 15) is 0 Å². The number of thiophene rings is 1. The van der Waals surface area contributed by atoms with Crippen molar-refractivity contribution < 1.29 is 0 Å². The smallest absolute Gasteiger partial charge is 0.151 e. The van der Waals surface area contributed by atoms with Crippen molar-refractivity contribution in [1.29, 1.82) is 0 Å². The van der Waals surface area contributed by atoms with Crippen LogP contribution in [0.15, 0.2) is 28.7 Å². The first-order chi connectivity index (χ1) is 9.70. The Balaban J connectivity index is 1.54. The summed E-state index contributed by atoms with van der Waals surface area (Å²) in [6.07, 6.45) is 0.848. The Bertz CT molecular complexity index is 719. The molecule has 0 fully saturated rings. The molecule has 4 nitrogen and oxygen atoms in total. The van der Waals surface area contributed by atoms with E-state index in [0.29, 0.717) is 0 Å². The van der Waals surface area contributed by atoms with Gasteiger partial charge in [-0.25, -0.2) is 4.98 Å². The van der Waals surface area contributed by atoms with Crippen molar-refractivity contribution in [3.63, 3.8) is 0 Å². The monoisotopic (exact) mass is 350 g/mol. The summed E-state index contributed by atoms with van der Waals surface area (Å²) in [6.45, 7) is 3.69. The molecule has 0 saturated heterocycles. The Labute approximate surface area is 129 Å². The van der Waals surface area contributed by atoms with E-state index < -0.39 is 0 Å². The van der Waals surface area contributed by atoms with Crippen LogP contribution in [0.2, 0.25) is 0 Å². The van der Waals surface area contributed by atoms with E-state index in [2.05, 4.69) is 60.7 Å². The van der Waals surface area contributed by atoms with Crippen molar-refractivity contribution >= 4 is 37.4 Å². The summed E-state index contributed by atoms with van der Waals surface area (Å²) in [5.74, 6) is 1.74. The van der Waals surface area contributed by atoms with Crippen LogP contribution >= 0.6 is 27.3 Å². The van der Waals surface area contributed by atoms with Crippen molar-refractivity contribution in [2.24, 2.45) is 0 Å². The van der Waals surface area contributed by atoms with Crippen LogP contribution in [0.25, 0.3) is 10.1 Å². The third-order valence-electron chi connectivity index (χ3n) is 3.00. The minimum Gasteiger partial charge on any atom is -0.311 e. The van der Waals surface area contributed by atoms with Crippen LogP contribution in [0, 0.1) is 6.92 Å². The highest BCUT2D eigenvalue weighted by atomic mass is 79.9. The third-order valence-corrected chi connectivity index (χ3v) is 4.61. The Hall–Kier alpha value is -1.24. The molecule has 0 aliphatic heterocycles. The zero-order valence-corrected chi connectivity index (χ0v) is 13.5. The summed E-state index contributed by atoms with van der Waals surface area (Å²) in [4.78, 5) is 5.64. The van der Waals surface area contributed by atoms with Crippen LogP contribution < -0.4 is 5.32 Å². The third kappa shape index (κ3) is 3.26. The molecule has 3 aromatic rings. The number of benzene rings is 1. The van der Waals surface area contributed by atoms with Gasteiger partial charge in [0.25, 0.3) is 0 Å². The molecule has 2 heterocycles. The number of fused-ring (bicyclic) bond motifs is 1. The predicted molar refractivity (Wildman–Crippen MR) is 86.1 cm³/mol. The average Bonchev–Trinajstić information content (AvgIpc) is 3.00. The Kier molecular flexibility index (Phi) is 4.14. The summed E-state index contributed by atoms with van der Waals surface area (Å²) in [6, 6.07) is 8.64. The fraction of sp³-hybridized carbons (Fsp3) is 0.286. The molecular weight excluding hydrogens is 336 g/mol. The van der Waals surface area contributed by atoms with E-state index in [-0.39, 0.29) is 0 Å². The van der Waals surface area contributed by atoms with E-state index >= 15 is 0 Å². The standard InChI is InChI=1S/C14H15BrN4S/c1-9-17-14(19-18-9)4-5-16-8-12-7-10-6-11(15)2-3-13(10)20-12/h2-3,6-7,16H,4-5,8H2,1H3,(H,17,18,19). The lowest BCUT2D eigenvalue weighted by atomic mass is 10.2. The summed E-state index contributed by atoms with van der Waals surface area (Å²) < 4.78 is 2.46. The van der Waals surface area contributed by atoms with Gasteiger partial charge in [0.2, 0.25) is 0 Å². The lowest BCUT2D eigenvalue weighted by Gasteiger charge is -1.99. The van der Waals surface area contributed by atoms with E-state index in [1.165, 1.54) is 15.0 Å². The maximum atomic E-state index is 4.29. The Morgan fingerprint density at radius 1 is 1.35 bits per heavy atom. The molecule has 0 spiro atoms. The summed E-state index contributed by atoms with van der Waals surface area (Å²) in [7, 11) is 0. The van der Waals surface area contributed by atoms with Crippen molar-refractivity contribution in [2.75, 3.05) is 6.54 Å². The molecule has 0 bridgehead atoms. The molecule has 0 unspecified atom stereocenters. The summed E-state index contributed by atoms with van der Waals surface area (Å²) in [5.41, 5.74) is 0. The number of hydrogen-bond acceptors (Lipinski definition) is 4. The minimum absolute atomic E-state index is 0.848. The first-order valence-corrected chi connectivity index (χ1v) is 8.08. The SMILES string of the molecule is Cc1nc(CCNCc2cc3cc(Br)ccc3s2)n[nH]1. The highest BCUT2D eigenvalue weighted by Crippen LogP contribution is 2.28. The van der Waals surface area contributed by atoms with Gasteiger partial charge in [-0.1, -0.05) is 15.9 Å². The van der Waals surface area contributed by atoms with Gasteiger partial charge in [0.15, 0.2) is 5.82 Å². The Morgan fingerprint density at radius 2 is 2.25 bits per heavy atom. The highest BCUT2D eigenvalue weighted by Gasteiger charge is 2.03. The molecule has 20 heavy (non-hydrogen) atoms. The van der Waals surface area contributed by atoms with Crippen molar-refractivity contribution in [2.45, 2.75) is 19.9 Å². The zero-order valence-electron chi connectivity index (χ0n) is 11.1. The molecule has 6 heteroatoms. The maximum absolute atomic E-state index is 4.29. The van der Waals surface area contributed by atoms with Crippen molar-refractivity contribution in [1.82, 2.24) is 20.5 Å². The number of nitrogens with one attached hydrogen (secondary N) is 2. The van der Waals surface area contributed by atoms with Gasteiger partial charge in [-0.15, -0.1) is 11.3 Å². The molecule has 0 atom stereocenters. The fourth-order valence-corrected chi connectivity index (χ4v) is 3.46. The van der Waals surface area contributed by atoms with Gasteiger partial charge in [-0.2, -0.15) is 5.10 Å². The van der Waals surface area contributed by atoms with Gasteiger partial charge >= 0.3 is 0 Å². The molecule has 104 valence electrons. The molecule has 1 aromatic carbocycles. The number of aryl methyl sites for hydroxylation is 1. The van der Waals surface area contributed by atoms with Crippen molar-refractivity contribution in [3.8, 4) is 0 Å². The average molecular weight is 351 g/mol. The lowest BCUT2D eigenvalue weighted by molar-refractivity contribution is 0.677. The van der Waals surface area contributed by atoms with Gasteiger partial charge < -0.3 is 5.32 Å². The van der Waals surface area contributed by atoms with Gasteiger partial charge in [0.1, 0.15) is 5.82 Å². The quantitative estimate of drug-likeness (QED) is 0.693. The number of hydrogen-bond donors (Lipinski definition) is 2. The second kappa shape index (κ2) is 6.03. The van der Waals surface area contributed by atoms with Gasteiger partial charge in [-0.3, -0.25) is 5.10 Å². The summed E-state index contributed by atoms with van der Waals surface area (Å²) >= 11 is 5.34. The van der Waals surface area contributed by atoms with Gasteiger partial charge in [-0.05, 0) is 36.6 Å². The molecule has 2 N–H and O–H groups in total. The van der Waals surface area contributed by atoms with E-state index in [1.807, 2.05) is 18.3 Å². The zero-order chi connectivity index (χ0) is 13.9. The van der Waals surface area contributed by atoms with Crippen molar-refractivity contribution in [3.05, 3.63) is 45.3 Å². The van der Waals surface area contributed by atoms with E-state index in [0.717, 1.165) is 35.6 Å². The molecule has 0 saturated carbocycles. The normalized spacial score (nSPS) is 11.3. The van der Waals surface area contributed by atoms with Crippen LogP contribution in [0.4, 0.5) is 0 Å². The number of rotatable bonds is 5. The minimum atomic E-state index is 0.848. The lowest BCUT2D eigenvalue weighted by Crippen LogP contribution is -2.16. The molecule has 0 amide bonds. The van der Waals surface area contributed by atoms with Crippen LogP contribution in [-0.2, 0) is 13.0 Å². The number of halogens is 1. The summed E-state index contributed by atoms with van der Waals surface area (Å²) in [5, 5.41) is 11.7. The van der Waals surface area contributed by atoms with Crippen LogP contribution in [-0.4, -0.2) is 21.7 Å². The Morgan fingerprint density at radius 3 is 3.05 bits per heavy atom. The number of nitrogens with zero attached hydrogens (tertiary/aromatic N) is 2. The van der Waals surface area contributed by atoms with Crippen LogP contribution in [0.3, 0.4) is 0 Å². The van der Waals surface area contributed by atoms with E-state index in [1.54, 1.807) is 0 Å². The van der Waals surface area contributed by atoms with Gasteiger partial charge in [0.05, 0.1) is 0 Å². The fourth-order valence-electron chi connectivity index (χ4n) is 2.07. The van der Waals surface area contributed by atoms with Crippen LogP contribution in [0.5, 0.6) is 0 Å². The van der Waals surface area contributed by atoms with Gasteiger partial charge in [0, 0.05) is 33.6 Å². The van der Waals surface area contributed by atoms with Crippen LogP contribution in [0.1, 0.15) is 16.5 Å². The molecule has 0 aliphatic rings. The molecule has 0 radical (unpaired) electrons. The first-order valence-electron chi connectivity index (χ1n) is 6.47. The largest absolute Gasteiger partial charge is 0.311 e. The first kappa shape index (κ1) is 13.7. The number of H-pyrrole nitrogens is 1.